The Bertz CT molecular complexity index is 724. The Labute approximate surface area is 138 Å². The number of aryl methyl sites for hydroxylation is 1. The van der Waals surface area contributed by atoms with Gasteiger partial charge in [0.15, 0.2) is 0 Å². The van der Waals surface area contributed by atoms with E-state index < -0.39 is 11.7 Å². The van der Waals surface area contributed by atoms with E-state index in [0.717, 1.165) is 23.4 Å². The van der Waals surface area contributed by atoms with E-state index in [0.29, 0.717) is 6.54 Å². The number of carbonyl (C=O) groups excluding carboxylic acids is 1. The van der Waals surface area contributed by atoms with Crippen molar-refractivity contribution in [2.24, 2.45) is 7.05 Å². The SMILES string of the molecule is Cc1c(CN(C)CC(=O)Nc2cccc(C(F)(F)F)c2)cnn1C. The number of benzene rings is 1. The van der Waals surface area contributed by atoms with Gasteiger partial charge in [-0.1, -0.05) is 6.07 Å². The van der Waals surface area contributed by atoms with Crippen molar-refractivity contribution in [3.8, 4) is 0 Å². The van der Waals surface area contributed by atoms with Crippen LogP contribution in [0.3, 0.4) is 0 Å². The minimum Gasteiger partial charge on any atom is -0.325 e. The fraction of sp³-hybridized carbons (Fsp3) is 0.375. The molecule has 1 heterocycles. The number of amides is 1. The molecule has 0 aliphatic carbocycles. The third-order valence-corrected chi connectivity index (χ3v) is 3.66. The van der Waals surface area contributed by atoms with Crippen molar-refractivity contribution in [3.05, 3.63) is 47.3 Å². The lowest BCUT2D eigenvalue weighted by atomic mass is 10.2. The van der Waals surface area contributed by atoms with Gasteiger partial charge in [0.25, 0.3) is 0 Å². The van der Waals surface area contributed by atoms with Gasteiger partial charge in [-0.05, 0) is 32.2 Å². The summed E-state index contributed by atoms with van der Waals surface area (Å²) in [6, 6.07) is 4.58. The third-order valence-electron chi connectivity index (χ3n) is 3.66. The Morgan fingerprint density at radius 1 is 1.38 bits per heavy atom. The summed E-state index contributed by atoms with van der Waals surface area (Å²) in [5.74, 6) is -0.377. The number of hydrogen-bond donors (Lipinski definition) is 1. The van der Waals surface area contributed by atoms with E-state index in [4.69, 9.17) is 0 Å². The monoisotopic (exact) mass is 340 g/mol. The van der Waals surface area contributed by atoms with Crippen LogP contribution in [0.15, 0.2) is 30.5 Å². The zero-order valence-electron chi connectivity index (χ0n) is 13.7. The number of rotatable bonds is 5. The molecule has 24 heavy (non-hydrogen) atoms. The van der Waals surface area contributed by atoms with Gasteiger partial charge >= 0.3 is 6.18 Å². The summed E-state index contributed by atoms with van der Waals surface area (Å²) in [5, 5.41) is 6.62. The normalized spacial score (nSPS) is 11.8. The third kappa shape index (κ3) is 4.58. The summed E-state index contributed by atoms with van der Waals surface area (Å²) in [6.07, 6.45) is -2.70. The number of alkyl halides is 3. The molecule has 1 aromatic carbocycles. The van der Waals surface area contributed by atoms with Crippen LogP contribution in [-0.2, 0) is 24.6 Å². The summed E-state index contributed by atoms with van der Waals surface area (Å²) in [4.78, 5) is 13.8. The Balaban J connectivity index is 1.94. The summed E-state index contributed by atoms with van der Waals surface area (Å²) < 4.78 is 39.7. The highest BCUT2D eigenvalue weighted by atomic mass is 19.4. The summed E-state index contributed by atoms with van der Waals surface area (Å²) in [6.45, 7) is 2.51. The van der Waals surface area contributed by atoms with Crippen LogP contribution in [0, 0.1) is 6.92 Å². The summed E-state index contributed by atoms with van der Waals surface area (Å²) in [7, 11) is 3.59. The van der Waals surface area contributed by atoms with Crippen LogP contribution in [0.5, 0.6) is 0 Å². The molecule has 0 fully saturated rings. The van der Waals surface area contributed by atoms with Crippen molar-refractivity contribution in [2.75, 3.05) is 18.9 Å². The van der Waals surface area contributed by atoms with Gasteiger partial charge in [0.05, 0.1) is 18.3 Å². The van der Waals surface area contributed by atoms with Gasteiger partial charge in [-0.15, -0.1) is 0 Å². The van der Waals surface area contributed by atoms with Crippen LogP contribution in [0.25, 0.3) is 0 Å². The van der Waals surface area contributed by atoms with E-state index in [1.54, 1.807) is 22.8 Å². The van der Waals surface area contributed by atoms with E-state index >= 15 is 0 Å². The van der Waals surface area contributed by atoms with Crippen LogP contribution in [-0.4, -0.2) is 34.2 Å². The number of anilines is 1. The fourth-order valence-electron chi connectivity index (χ4n) is 2.27. The molecular formula is C16H19F3N4O. The number of halogens is 3. The minimum absolute atomic E-state index is 0.0601. The first-order valence-electron chi connectivity index (χ1n) is 7.30. The maximum absolute atomic E-state index is 12.7. The van der Waals surface area contributed by atoms with E-state index in [1.165, 1.54) is 12.1 Å². The molecule has 0 atom stereocenters. The zero-order chi connectivity index (χ0) is 17.9. The second-order valence-electron chi connectivity index (χ2n) is 5.68. The van der Waals surface area contributed by atoms with Gasteiger partial charge in [-0.25, -0.2) is 0 Å². The molecular weight excluding hydrogens is 321 g/mol. The van der Waals surface area contributed by atoms with Gasteiger partial charge in [0.2, 0.25) is 5.91 Å². The Morgan fingerprint density at radius 3 is 2.67 bits per heavy atom. The number of carbonyl (C=O) groups is 1. The van der Waals surface area contributed by atoms with Crippen molar-refractivity contribution in [2.45, 2.75) is 19.6 Å². The summed E-state index contributed by atoms with van der Waals surface area (Å²) >= 11 is 0. The first-order valence-corrected chi connectivity index (χ1v) is 7.30. The second kappa shape index (κ2) is 7.04. The van der Waals surface area contributed by atoms with Crippen LogP contribution in [0.1, 0.15) is 16.8 Å². The van der Waals surface area contributed by atoms with Crippen molar-refractivity contribution in [3.63, 3.8) is 0 Å². The maximum Gasteiger partial charge on any atom is 0.416 e. The molecule has 1 N–H and O–H groups in total. The predicted molar refractivity (Wildman–Crippen MR) is 84.4 cm³/mol. The first-order chi connectivity index (χ1) is 11.2. The molecule has 2 rings (SSSR count). The van der Waals surface area contributed by atoms with Gasteiger partial charge < -0.3 is 5.32 Å². The predicted octanol–water partition coefficient (Wildman–Crippen LogP) is 2.82. The molecule has 8 heteroatoms. The molecule has 130 valence electrons. The number of nitrogens with one attached hydrogen (secondary N) is 1. The van der Waals surface area contributed by atoms with Crippen LogP contribution in [0.4, 0.5) is 18.9 Å². The van der Waals surface area contributed by atoms with Crippen molar-refractivity contribution >= 4 is 11.6 Å². The topological polar surface area (TPSA) is 50.2 Å². The second-order valence-corrected chi connectivity index (χ2v) is 5.68. The lowest BCUT2D eigenvalue weighted by Gasteiger charge is -2.16. The van der Waals surface area contributed by atoms with E-state index in [9.17, 15) is 18.0 Å². The van der Waals surface area contributed by atoms with Crippen LogP contribution >= 0.6 is 0 Å². The van der Waals surface area contributed by atoms with Crippen molar-refractivity contribution in [1.29, 1.82) is 0 Å². The van der Waals surface area contributed by atoms with Crippen LogP contribution < -0.4 is 5.32 Å². The number of aromatic nitrogens is 2. The minimum atomic E-state index is -4.44. The average molecular weight is 340 g/mol. The standard InChI is InChI=1S/C16H19F3N4O/c1-11-12(8-20-23(11)3)9-22(2)10-15(24)21-14-6-4-5-13(7-14)16(17,18)19/h4-8H,9-10H2,1-3H3,(H,21,24). The molecule has 2 aromatic rings. The number of hydrogen-bond acceptors (Lipinski definition) is 3. The zero-order valence-corrected chi connectivity index (χ0v) is 13.7. The Kier molecular flexibility index (Phi) is 5.28. The van der Waals surface area contributed by atoms with E-state index in [1.807, 2.05) is 14.0 Å². The number of nitrogens with zero attached hydrogens (tertiary/aromatic N) is 3. The maximum atomic E-state index is 12.7. The first kappa shape index (κ1) is 18.0. The molecule has 0 spiro atoms. The van der Waals surface area contributed by atoms with Crippen LogP contribution in [0.2, 0.25) is 0 Å². The lowest BCUT2D eigenvalue weighted by Crippen LogP contribution is -2.30. The highest BCUT2D eigenvalue weighted by molar-refractivity contribution is 5.92. The van der Waals surface area contributed by atoms with E-state index in [-0.39, 0.29) is 18.1 Å². The largest absolute Gasteiger partial charge is 0.416 e. The Hall–Kier alpha value is -2.35. The average Bonchev–Trinajstić information content (AvgIpc) is 2.78. The molecule has 1 amide bonds. The fourth-order valence-corrected chi connectivity index (χ4v) is 2.27. The van der Waals surface area contributed by atoms with Crippen molar-refractivity contribution < 1.29 is 18.0 Å². The smallest absolute Gasteiger partial charge is 0.325 e. The van der Waals surface area contributed by atoms with Gasteiger partial charge in [0, 0.05) is 30.5 Å². The molecule has 0 saturated carbocycles. The van der Waals surface area contributed by atoms with Gasteiger partial charge in [-0.3, -0.25) is 14.4 Å². The van der Waals surface area contributed by atoms with E-state index in [2.05, 4.69) is 10.4 Å². The molecule has 0 aliphatic heterocycles. The van der Waals surface area contributed by atoms with Gasteiger partial charge in [-0.2, -0.15) is 18.3 Å². The highest BCUT2D eigenvalue weighted by Gasteiger charge is 2.30. The van der Waals surface area contributed by atoms with Gasteiger partial charge in [0.1, 0.15) is 0 Å². The molecule has 0 saturated heterocycles. The molecule has 0 bridgehead atoms. The molecule has 0 unspecified atom stereocenters. The Morgan fingerprint density at radius 2 is 2.08 bits per heavy atom. The number of likely N-dealkylation sites (N-methyl/N-ethyl adjacent to an activating group) is 1. The molecule has 1 aromatic heterocycles. The quantitative estimate of drug-likeness (QED) is 0.911. The lowest BCUT2D eigenvalue weighted by molar-refractivity contribution is -0.137. The summed E-state index contributed by atoms with van der Waals surface area (Å²) in [5.41, 5.74) is 1.33. The highest BCUT2D eigenvalue weighted by Crippen LogP contribution is 2.30. The molecule has 0 aliphatic rings. The van der Waals surface area contributed by atoms with Crippen molar-refractivity contribution in [1.82, 2.24) is 14.7 Å². The molecule has 0 radical (unpaired) electrons. The molecule has 5 nitrogen and oxygen atoms in total.